The highest BCUT2D eigenvalue weighted by atomic mass is 16.5. The topological polar surface area (TPSA) is 80.1 Å². The Bertz CT molecular complexity index is 1440. The smallest absolute Gasteiger partial charge is 0.230 e. The first-order valence-electron chi connectivity index (χ1n) is 11.7. The van der Waals surface area contributed by atoms with Crippen LogP contribution in [0, 0.1) is 0 Å². The third-order valence-electron chi connectivity index (χ3n) is 5.99. The molecule has 1 fully saturated rings. The van der Waals surface area contributed by atoms with E-state index in [0.29, 0.717) is 17.6 Å². The van der Waals surface area contributed by atoms with Gasteiger partial charge in [0.15, 0.2) is 0 Å². The molecule has 4 heterocycles. The van der Waals surface area contributed by atoms with Gasteiger partial charge in [0, 0.05) is 67.6 Å². The molecule has 1 aliphatic heterocycles. The molecule has 0 amide bonds. The quantitative estimate of drug-likeness (QED) is 0.376. The largest absolute Gasteiger partial charge is 0.439 e. The predicted molar refractivity (Wildman–Crippen MR) is 138 cm³/mol. The Balaban J connectivity index is 1.19. The maximum Gasteiger partial charge on any atom is 0.230 e. The van der Waals surface area contributed by atoms with Crippen LogP contribution in [0.5, 0.6) is 11.6 Å². The number of nitrogens with one attached hydrogen (secondary N) is 2. The number of piperazine rings is 1. The van der Waals surface area contributed by atoms with Crippen molar-refractivity contribution < 1.29 is 4.74 Å². The summed E-state index contributed by atoms with van der Waals surface area (Å²) in [7, 11) is 0. The number of pyridine rings is 1. The molecule has 1 saturated heterocycles. The molecule has 8 nitrogen and oxygen atoms in total. The van der Waals surface area contributed by atoms with E-state index >= 15 is 0 Å². The van der Waals surface area contributed by atoms with Gasteiger partial charge in [-0.05, 0) is 54.6 Å². The lowest BCUT2D eigenvalue weighted by atomic mass is 10.2. The average Bonchev–Trinajstić information content (AvgIpc) is 3.33. The van der Waals surface area contributed by atoms with Crippen molar-refractivity contribution in [2.24, 2.45) is 0 Å². The van der Waals surface area contributed by atoms with Crippen molar-refractivity contribution in [1.29, 1.82) is 0 Å². The highest BCUT2D eigenvalue weighted by Crippen LogP contribution is 2.28. The predicted octanol–water partition coefficient (Wildman–Crippen LogP) is 4.76. The molecule has 0 radical (unpaired) electrons. The summed E-state index contributed by atoms with van der Waals surface area (Å²) in [4.78, 5) is 15.7. The van der Waals surface area contributed by atoms with E-state index in [1.165, 1.54) is 5.69 Å². The Kier molecular flexibility index (Phi) is 5.70. The first-order valence-corrected chi connectivity index (χ1v) is 11.7. The fraction of sp³-hybridized carbons (Fsp3) is 0.148. The van der Waals surface area contributed by atoms with Crippen LogP contribution in [-0.2, 0) is 0 Å². The lowest BCUT2D eigenvalue weighted by molar-refractivity contribution is 0.463. The molecule has 8 heteroatoms. The molecule has 0 atom stereocenters. The molecule has 35 heavy (non-hydrogen) atoms. The zero-order valence-electron chi connectivity index (χ0n) is 19.1. The highest BCUT2D eigenvalue weighted by Gasteiger charge is 2.11. The number of anilines is 3. The summed E-state index contributed by atoms with van der Waals surface area (Å²) in [6, 6.07) is 24.0. The van der Waals surface area contributed by atoms with Crippen molar-refractivity contribution in [3.8, 4) is 17.4 Å². The minimum absolute atomic E-state index is 0.476. The maximum atomic E-state index is 6.07. The van der Waals surface area contributed by atoms with Gasteiger partial charge in [0.05, 0.1) is 5.52 Å². The summed E-state index contributed by atoms with van der Waals surface area (Å²) in [6.07, 6.45) is 5.50. The van der Waals surface area contributed by atoms with Crippen LogP contribution in [0.1, 0.15) is 0 Å². The summed E-state index contributed by atoms with van der Waals surface area (Å²) < 4.78 is 8.12. The molecule has 0 spiro atoms. The fourth-order valence-corrected chi connectivity index (χ4v) is 4.29. The lowest BCUT2D eigenvalue weighted by Crippen LogP contribution is -2.43. The number of aromatic nitrogens is 4. The first-order chi connectivity index (χ1) is 17.3. The van der Waals surface area contributed by atoms with Gasteiger partial charge in [-0.25, -0.2) is 9.97 Å². The maximum absolute atomic E-state index is 6.07. The summed E-state index contributed by atoms with van der Waals surface area (Å²) in [5.41, 5.74) is 3.19. The van der Waals surface area contributed by atoms with E-state index in [1.807, 2.05) is 54.7 Å². The molecule has 1 aliphatic rings. The molecular weight excluding hydrogens is 438 g/mol. The van der Waals surface area contributed by atoms with Crippen LogP contribution in [0.4, 0.5) is 17.3 Å². The standard InChI is InChI=1S/C27H25N7O/c1-2-11-29-25(6-1)34-15-10-20-18-23(7-8-24(20)34)35-26-9-12-30-27(32-26)31-21-4-3-5-22(19-21)33-16-13-28-14-17-33/h1-12,15,18-19,28H,13-14,16-17H2,(H,30,31,32). The van der Waals surface area contributed by atoms with Crippen molar-refractivity contribution in [2.75, 3.05) is 36.4 Å². The monoisotopic (exact) mass is 463 g/mol. The van der Waals surface area contributed by atoms with Gasteiger partial charge in [0.2, 0.25) is 11.8 Å². The zero-order valence-corrected chi connectivity index (χ0v) is 19.1. The lowest BCUT2D eigenvalue weighted by Gasteiger charge is -2.29. The number of fused-ring (bicyclic) bond motifs is 1. The summed E-state index contributed by atoms with van der Waals surface area (Å²) in [5.74, 6) is 2.55. The van der Waals surface area contributed by atoms with E-state index in [-0.39, 0.29) is 0 Å². The SMILES string of the molecule is c1ccc(-n2ccc3cc(Oc4ccnc(Nc5cccc(N6CCNCC6)c5)n4)ccc32)nc1. The third-order valence-corrected chi connectivity index (χ3v) is 5.99. The molecule has 0 saturated carbocycles. The molecular formula is C27H25N7O. The molecule has 174 valence electrons. The minimum Gasteiger partial charge on any atom is -0.439 e. The second-order valence-electron chi connectivity index (χ2n) is 8.33. The summed E-state index contributed by atoms with van der Waals surface area (Å²) >= 11 is 0. The molecule has 2 aromatic carbocycles. The van der Waals surface area contributed by atoms with Gasteiger partial charge in [0.1, 0.15) is 11.6 Å². The number of benzene rings is 2. The van der Waals surface area contributed by atoms with Crippen LogP contribution >= 0.6 is 0 Å². The van der Waals surface area contributed by atoms with Gasteiger partial charge < -0.3 is 24.8 Å². The number of hydrogen-bond acceptors (Lipinski definition) is 7. The number of ether oxygens (including phenoxy) is 1. The molecule has 5 aromatic rings. The van der Waals surface area contributed by atoms with E-state index < -0.39 is 0 Å². The van der Waals surface area contributed by atoms with E-state index in [1.54, 1.807) is 18.5 Å². The van der Waals surface area contributed by atoms with Crippen molar-refractivity contribution in [3.63, 3.8) is 0 Å². The summed E-state index contributed by atoms with van der Waals surface area (Å²) in [6.45, 7) is 4.00. The second kappa shape index (κ2) is 9.44. The van der Waals surface area contributed by atoms with Gasteiger partial charge in [-0.1, -0.05) is 12.1 Å². The van der Waals surface area contributed by atoms with Crippen LogP contribution in [0.15, 0.2) is 91.4 Å². The number of hydrogen-bond donors (Lipinski definition) is 2. The minimum atomic E-state index is 0.476. The van der Waals surface area contributed by atoms with E-state index in [0.717, 1.165) is 48.6 Å². The van der Waals surface area contributed by atoms with E-state index in [9.17, 15) is 0 Å². The third kappa shape index (κ3) is 4.64. The molecule has 0 aliphatic carbocycles. The fourth-order valence-electron chi connectivity index (χ4n) is 4.29. The summed E-state index contributed by atoms with van der Waals surface area (Å²) in [5, 5.41) is 7.75. The van der Waals surface area contributed by atoms with Crippen LogP contribution in [0.3, 0.4) is 0 Å². The normalized spacial score (nSPS) is 13.7. The van der Waals surface area contributed by atoms with E-state index in [2.05, 4.69) is 53.3 Å². The van der Waals surface area contributed by atoms with Crippen LogP contribution in [-0.4, -0.2) is 45.7 Å². The highest BCUT2D eigenvalue weighted by molar-refractivity contribution is 5.83. The van der Waals surface area contributed by atoms with Crippen molar-refractivity contribution in [3.05, 3.63) is 91.4 Å². The average molecular weight is 464 g/mol. The molecule has 6 rings (SSSR count). The van der Waals surface area contributed by atoms with Crippen molar-refractivity contribution >= 4 is 28.2 Å². The second-order valence-corrected chi connectivity index (χ2v) is 8.33. The molecule has 0 unspecified atom stereocenters. The van der Waals surface area contributed by atoms with Crippen molar-refractivity contribution in [1.82, 2.24) is 24.8 Å². The molecule has 0 bridgehead atoms. The van der Waals surface area contributed by atoms with Gasteiger partial charge >= 0.3 is 0 Å². The Morgan fingerprint density at radius 3 is 2.69 bits per heavy atom. The molecule has 3 aromatic heterocycles. The Morgan fingerprint density at radius 1 is 0.857 bits per heavy atom. The molecule has 2 N–H and O–H groups in total. The number of nitrogens with zero attached hydrogens (tertiary/aromatic N) is 5. The Hall–Kier alpha value is -4.43. The van der Waals surface area contributed by atoms with Gasteiger partial charge in [-0.3, -0.25) is 0 Å². The van der Waals surface area contributed by atoms with Gasteiger partial charge in [-0.2, -0.15) is 4.98 Å². The van der Waals surface area contributed by atoms with Crippen LogP contribution in [0.25, 0.3) is 16.7 Å². The van der Waals surface area contributed by atoms with Gasteiger partial charge in [-0.15, -0.1) is 0 Å². The Morgan fingerprint density at radius 2 is 1.80 bits per heavy atom. The van der Waals surface area contributed by atoms with Gasteiger partial charge in [0.25, 0.3) is 0 Å². The number of rotatable bonds is 6. The first kappa shape index (κ1) is 21.1. The van der Waals surface area contributed by atoms with Crippen molar-refractivity contribution in [2.45, 2.75) is 0 Å². The van der Waals surface area contributed by atoms with Crippen LogP contribution < -0.4 is 20.3 Å². The van der Waals surface area contributed by atoms with Crippen LogP contribution in [0.2, 0.25) is 0 Å². The zero-order chi connectivity index (χ0) is 23.5. The Labute approximate surface area is 203 Å². The van der Waals surface area contributed by atoms with E-state index in [4.69, 9.17) is 4.74 Å².